The summed E-state index contributed by atoms with van der Waals surface area (Å²) >= 11 is 7.15. The Morgan fingerprint density at radius 2 is 2.31 bits per heavy atom. The Labute approximate surface area is 101 Å². The van der Waals surface area contributed by atoms with E-state index in [4.69, 9.17) is 11.6 Å². The monoisotopic (exact) mass is 255 g/mol. The largest absolute Gasteiger partial charge is 0.294 e. The lowest BCUT2D eigenvalue weighted by Crippen LogP contribution is -2.06. The summed E-state index contributed by atoms with van der Waals surface area (Å²) in [4.78, 5) is 15.8. The topological polar surface area (TPSA) is 30.0 Å². The fourth-order valence-electron chi connectivity index (χ4n) is 1.33. The summed E-state index contributed by atoms with van der Waals surface area (Å²) in [5, 5.41) is 2.57. The number of nitrogens with zero attached hydrogens (tertiary/aromatic N) is 1. The molecule has 82 valence electrons. The lowest BCUT2D eigenvalue weighted by Gasteiger charge is -2.03. The van der Waals surface area contributed by atoms with Crippen molar-refractivity contribution in [2.75, 3.05) is 0 Å². The molecule has 0 spiro atoms. The summed E-state index contributed by atoms with van der Waals surface area (Å²) in [6.45, 7) is 0. The van der Waals surface area contributed by atoms with Crippen molar-refractivity contribution in [2.45, 2.75) is 6.42 Å². The smallest absolute Gasteiger partial charge is 0.174 e. The molecule has 0 atom stereocenters. The summed E-state index contributed by atoms with van der Waals surface area (Å²) < 4.78 is 13.4. The van der Waals surface area contributed by atoms with Crippen LogP contribution in [0.3, 0.4) is 0 Å². The molecule has 2 aromatic rings. The van der Waals surface area contributed by atoms with Gasteiger partial charge < -0.3 is 0 Å². The fourth-order valence-corrected chi connectivity index (χ4v) is 2.21. The molecule has 0 fully saturated rings. The Bertz CT molecular complexity index is 492. The van der Waals surface area contributed by atoms with Gasteiger partial charge in [0.25, 0.3) is 0 Å². The Morgan fingerprint density at radius 1 is 1.50 bits per heavy atom. The maximum atomic E-state index is 13.4. The summed E-state index contributed by atoms with van der Waals surface area (Å²) in [5.41, 5.74) is -0.0561. The molecule has 0 saturated carbocycles. The predicted octanol–water partition coefficient (Wildman–Crippen LogP) is 3.36. The number of benzene rings is 1. The second-order valence-corrected chi connectivity index (χ2v) is 4.51. The molecule has 0 bridgehead atoms. The molecule has 16 heavy (non-hydrogen) atoms. The highest BCUT2D eigenvalue weighted by atomic mass is 35.5. The number of hydrogen-bond acceptors (Lipinski definition) is 3. The molecule has 0 N–H and O–H groups in total. The summed E-state index contributed by atoms with van der Waals surface area (Å²) in [6.07, 6.45) is 1.69. The minimum Gasteiger partial charge on any atom is -0.294 e. The van der Waals surface area contributed by atoms with Gasteiger partial charge in [-0.05, 0) is 12.1 Å². The third kappa shape index (κ3) is 2.28. The molecule has 2 nitrogen and oxygen atoms in total. The first-order valence-corrected chi connectivity index (χ1v) is 5.80. The standard InChI is InChI=1S/C11H7ClFNOS/c12-7-2-1-3-8(13)11(7)9(15)6-10-14-4-5-16-10/h1-5H,6H2. The van der Waals surface area contributed by atoms with Gasteiger partial charge in [-0.2, -0.15) is 0 Å². The molecule has 0 aliphatic carbocycles. The van der Waals surface area contributed by atoms with Gasteiger partial charge in [0.15, 0.2) is 5.78 Å². The quantitative estimate of drug-likeness (QED) is 0.787. The van der Waals surface area contributed by atoms with Gasteiger partial charge in [-0.25, -0.2) is 9.37 Å². The molecule has 0 amide bonds. The molecule has 1 aromatic heterocycles. The maximum absolute atomic E-state index is 13.4. The van der Waals surface area contributed by atoms with E-state index in [9.17, 15) is 9.18 Å². The molecular weight excluding hydrogens is 249 g/mol. The van der Waals surface area contributed by atoms with Gasteiger partial charge in [0.1, 0.15) is 10.8 Å². The van der Waals surface area contributed by atoms with E-state index in [2.05, 4.69) is 4.98 Å². The molecule has 0 aliphatic heterocycles. The predicted molar refractivity (Wildman–Crippen MR) is 61.6 cm³/mol. The van der Waals surface area contributed by atoms with E-state index < -0.39 is 5.82 Å². The first-order chi connectivity index (χ1) is 7.68. The number of ketones is 1. The Hall–Kier alpha value is -1.26. The number of Topliss-reactive ketones (excluding diaryl/α,β-unsaturated/α-hetero) is 1. The minimum absolute atomic E-state index is 0.0561. The number of aromatic nitrogens is 1. The zero-order chi connectivity index (χ0) is 11.5. The van der Waals surface area contributed by atoms with Crippen molar-refractivity contribution in [2.24, 2.45) is 0 Å². The fraction of sp³-hybridized carbons (Fsp3) is 0.0909. The average Bonchev–Trinajstić information content (AvgIpc) is 2.70. The molecule has 0 aliphatic rings. The highest BCUT2D eigenvalue weighted by Gasteiger charge is 2.16. The summed E-state index contributed by atoms with van der Waals surface area (Å²) in [7, 11) is 0. The van der Waals surface area contributed by atoms with Crippen LogP contribution in [0.4, 0.5) is 4.39 Å². The SMILES string of the molecule is O=C(Cc1nccs1)c1c(F)cccc1Cl. The van der Waals surface area contributed by atoms with Crippen LogP contribution in [0.2, 0.25) is 5.02 Å². The molecule has 5 heteroatoms. The number of carbonyl (C=O) groups is 1. The highest BCUT2D eigenvalue weighted by Crippen LogP contribution is 2.21. The van der Waals surface area contributed by atoms with Crippen LogP contribution in [0, 0.1) is 5.82 Å². The van der Waals surface area contributed by atoms with E-state index >= 15 is 0 Å². The van der Waals surface area contributed by atoms with Crippen molar-refractivity contribution in [3.63, 3.8) is 0 Å². The van der Waals surface area contributed by atoms with Gasteiger partial charge >= 0.3 is 0 Å². The molecule has 0 unspecified atom stereocenters. The van der Waals surface area contributed by atoms with Crippen LogP contribution in [-0.4, -0.2) is 10.8 Å². The zero-order valence-corrected chi connectivity index (χ0v) is 9.69. The van der Waals surface area contributed by atoms with Crippen molar-refractivity contribution in [3.8, 4) is 0 Å². The van der Waals surface area contributed by atoms with E-state index in [0.29, 0.717) is 5.01 Å². The first kappa shape index (κ1) is 11.2. The van der Waals surface area contributed by atoms with Crippen LogP contribution in [0.25, 0.3) is 0 Å². The second kappa shape index (κ2) is 4.72. The van der Waals surface area contributed by atoms with E-state index in [1.54, 1.807) is 11.6 Å². The number of hydrogen-bond donors (Lipinski definition) is 0. The van der Waals surface area contributed by atoms with Gasteiger partial charge in [0.2, 0.25) is 0 Å². The number of rotatable bonds is 3. The van der Waals surface area contributed by atoms with Crippen LogP contribution >= 0.6 is 22.9 Å². The average molecular weight is 256 g/mol. The Morgan fingerprint density at radius 3 is 2.94 bits per heavy atom. The third-order valence-corrected chi connectivity index (χ3v) is 3.13. The molecule has 2 rings (SSSR count). The lowest BCUT2D eigenvalue weighted by molar-refractivity contribution is 0.0989. The molecule has 0 saturated heterocycles. The number of halogens is 2. The van der Waals surface area contributed by atoms with Gasteiger partial charge in [-0.15, -0.1) is 11.3 Å². The van der Waals surface area contributed by atoms with Crippen molar-refractivity contribution in [3.05, 3.63) is 51.2 Å². The van der Waals surface area contributed by atoms with Gasteiger partial charge in [0, 0.05) is 11.6 Å². The maximum Gasteiger partial charge on any atom is 0.174 e. The third-order valence-electron chi connectivity index (χ3n) is 2.04. The minimum atomic E-state index is -0.589. The van der Waals surface area contributed by atoms with Crippen molar-refractivity contribution in [1.82, 2.24) is 4.98 Å². The van der Waals surface area contributed by atoms with Crippen LogP contribution in [0.15, 0.2) is 29.8 Å². The molecular formula is C11H7ClFNOS. The highest BCUT2D eigenvalue weighted by molar-refractivity contribution is 7.09. The Kier molecular flexibility index (Phi) is 3.31. The Balaban J connectivity index is 2.28. The first-order valence-electron chi connectivity index (χ1n) is 4.54. The van der Waals surface area contributed by atoms with Crippen LogP contribution in [0.5, 0.6) is 0 Å². The summed E-state index contributed by atoms with van der Waals surface area (Å²) in [5.74, 6) is -0.938. The van der Waals surface area contributed by atoms with Crippen molar-refractivity contribution < 1.29 is 9.18 Å². The van der Waals surface area contributed by atoms with E-state index in [1.807, 2.05) is 0 Å². The van der Waals surface area contributed by atoms with Gasteiger partial charge in [-0.1, -0.05) is 17.7 Å². The van der Waals surface area contributed by atoms with Crippen molar-refractivity contribution in [1.29, 1.82) is 0 Å². The van der Waals surface area contributed by atoms with Crippen molar-refractivity contribution >= 4 is 28.7 Å². The number of carbonyl (C=O) groups excluding carboxylic acids is 1. The van der Waals surface area contributed by atoms with Gasteiger partial charge in [0.05, 0.1) is 17.0 Å². The van der Waals surface area contributed by atoms with Crippen LogP contribution in [-0.2, 0) is 6.42 Å². The van der Waals surface area contributed by atoms with Gasteiger partial charge in [-0.3, -0.25) is 4.79 Å². The van der Waals surface area contributed by atoms with Crippen LogP contribution < -0.4 is 0 Å². The second-order valence-electron chi connectivity index (χ2n) is 3.12. The number of thiazole rings is 1. The van der Waals surface area contributed by atoms with E-state index in [-0.39, 0.29) is 22.8 Å². The normalized spacial score (nSPS) is 10.4. The zero-order valence-electron chi connectivity index (χ0n) is 8.11. The molecule has 1 aromatic carbocycles. The van der Waals surface area contributed by atoms with Crippen LogP contribution in [0.1, 0.15) is 15.4 Å². The molecule has 0 radical (unpaired) electrons. The van der Waals surface area contributed by atoms with E-state index in [0.717, 1.165) is 0 Å². The summed E-state index contributed by atoms with van der Waals surface area (Å²) in [6, 6.07) is 4.19. The van der Waals surface area contributed by atoms with E-state index in [1.165, 1.54) is 29.5 Å². The lowest BCUT2D eigenvalue weighted by atomic mass is 10.1. The molecule has 1 heterocycles.